The van der Waals surface area contributed by atoms with Gasteiger partial charge in [0.25, 0.3) is 0 Å². The standard InChI is InChI=1S/C15H14BrNO/c16-11-4-5-12-10(8-11)3-6-14-13(12)9-17-7-1-2-15(17)18-14/h3-6,8,15H,1-2,7,9H2. The maximum Gasteiger partial charge on any atom is 0.153 e. The van der Waals surface area contributed by atoms with E-state index in [-0.39, 0.29) is 0 Å². The third-order valence-corrected chi connectivity index (χ3v) is 4.47. The van der Waals surface area contributed by atoms with E-state index >= 15 is 0 Å². The van der Waals surface area contributed by atoms with Crippen molar-refractivity contribution in [1.82, 2.24) is 4.90 Å². The van der Waals surface area contributed by atoms with Crippen molar-refractivity contribution in [1.29, 1.82) is 0 Å². The lowest BCUT2D eigenvalue weighted by Gasteiger charge is -2.32. The summed E-state index contributed by atoms with van der Waals surface area (Å²) >= 11 is 3.53. The average molecular weight is 304 g/mol. The molecule has 0 saturated carbocycles. The number of hydrogen-bond acceptors (Lipinski definition) is 2. The van der Waals surface area contributed by atoms with Crippen molar-refractivity contribution in [3.8, 4) is 5.75 Å². The first-order valence-electron chi connectivity index (χ1n) is 6.43. The Hall–Kier alpha value is -1.06. The van der Waals surface area contributed by atoms with Crippen LogP contribution in [0.3, 0.4) is 0 Å². The first kappa shape index (κ1) is 10.8. The van der Waals surface area contributed by atoms with E-state index in [1.54, 1.807) is 0 Å². The number of rotatable bonds is 0. The average Bonchev–Trinajstić information content (AvgIpc) is 2.82. The number of nitrogens with zero attached hydrogens (tertiary/aromatic N) is 1. The molecule has 0 bridgehead atoms. The largest absolute Gasteiger partial charge is 0.475 e. The Labute approximate surface area is 115 Å². The summed E-state index contributed by atoms with van der Waals surface area (Å²) in [6.07, 6.45) is 2.73. The Bertz CT molecular complexity index is 625. The predicted molar refractivity (Wildman–Crippen MR) is 75.7 cm³/mol. The lowest BCUT2D eigenvalue weighted by molar-refractivity contribution is 0.0349. The Balaban J connectivity index is 1.90. The summed E-state index contributed by atoms with van der Waals surface area (Å²) in [6.45, 7) is 2.19. The summed E-state index contributed by atoms with van der Waals surface area (Å²) in [5.74, 6) is 1.08. The molecule has 2 aromatic carbocycles. The van der Waals surface area contributed by atoms with Crippen molar-refractivity contribution >= 4 is 26.7 Å². The van der Waals surface area contributed by atoms with E-state index in [1.165, 1.54) is 22.8 Å². The van der Waals surface area contributed by atoms with Gasteiger partial charge in [0.1, 0.15) is 5.75 Å². The molecule has 0 aromatic heterocycles. The van der Waals surface area contributed by atoms with Crippen LogP contribution < -0.4 is 4.74 Å². The van der Waals surface area contributed by atoms with Crippen molar-refractivity contribution in [2.75, 3.05) is 6.54 Å². The van der Waals surface area contributed by atoms with E-state index in [4.69, 9.17) is 4.74 Å². The highest BCUT2D eigenvalue weighted by atomic mass is 79.9. The summed E-state index contributed by atoms with van der Waals surface area (Å²) in [5, 5.41) is 2.60. The lowest BCUT2D eigenvalue weighted by atomic mass is 10.0. The molecule has 0 N–H and O–H groups in total. The van der Waals surface area contributed by atoms with Crippen molar-refractivity contribution in [2.45, 2.75) is 25.6 Å². The molecule has 2 aliphatic rings. The molecular formula is C15H14BrNO. The zero-order valence-electron chi connectivity index (χ0n) is 10.0. The molecule has 1 saturated heterocycles. The highest BCUT2D eigenvalue weighted by Crippen LogP contribution is 2.37. The van der Waals surface area contributed by atoms with Gasteiger partial charge in [-0.05, 0) is 41.8 Å². The van der Waals surface area contributed by atoms with Gasteiger partial charge in [0, 0.05) is 23.1 Å². The van der Waals surface area contributed by atoms with Gasteiger partial charge in [-0.25, -0.2) is 0 Å². The Kier molecular flexibility index (Phi) is 2.39. The van der Waals surface area contributed by atoms with Crippen LogP contribution in [0.2, 0.25) is 0 Å². The highest BCUT2D eigenvalue weighted by molar-refractivity contribution is 9.10. The maximum absolute atomic E-state index is 6.11. The zero-order chi connectivity index (χ0) is 12.1. The first-order chi connectivity index (χ1) is 8.81. The quantitative estimate of drug-likeness (QED) is 0.731. The van der Waals surface area contributed by atoms with Crippen LogP contribution in [0, 0.1) is 0 Å². The summed E-state index contributed by atoms with van der Waals surface area (Å²) in [5.41, 5.74) is 1.35. The van der Waals surface area contributed by atoms with Crippen LogP contribution in [-0.2, 0) is 6.54 Å². The van der Waals surface area contributed by atoms with Gasteiger partial charge < -0.3 is 4.74 Å². The van der Waals surface area contributed by atoms with Gasteiger partial charge in [-0.15, -0.1) is 0 Å². The van der Waals surface area contributed by atoms with Crippen LogP contribution in [-0.4, -0.2) is 17.7 Å². The van der Waals surface area contributed by atoms with Gasteiger partial charge >= 0.3 is 0 Å². The Morgan fingerprint density at radius 2 is 2.17 bits per heavy atom. The second-order valence-corrected chi connectivity index (χ2v) is 6.01. The minimum absolute atomic E-state index is 0.311. The van der Waals surface area contributed by atoms with E-state index in [1.807, 2.05) is 0 Å². The van der Waals surface area contributed by atoms with Crippen LogP contribution in [0.5, 0.6) is 5.75 Å². The van der Waals surface area contributed by atoms with Crippen LogP contribution in [0.4, 0.5) is 0 Å². The van der Waals surface area contributed by atoms with Gasteiger partial charge in [-0.2, -0.15) is 0 Å². The molecule has 2 heterocycles. The fourth-order valence-corrected chi connectivity index (χ4v) is 3.46. The third kappa shape index (κ3) is 1.57. The van der Waals surface area contributed by atoms with E-state index in [0.29, 0.717) is 6.23 Å². The molecule has 0 spiro atoms. The first-order valence-corrected chi connectivity index (χ1v) is 7.22. The summed E-state index contributed by atoms with van der Waals surface area (Å²) in [7, 11) is 0. The number of hydrogen-bond donors (Lipinski definition) is 0. The van der Waals surface area contributed by atoms with Crippen LogP contribution in [0.1, 0.15) is 18.4 Å². The van der Waals surface area contributed by atoms with Crippen LogP contribution in [0.25, 0.3) is 10.8 Å². The van der Waals surface area contributed by atoms with Gasteiger partial charge in [0.2, 0.25) is 0 Å². The predicted octanol–water partition coefficient (Wildman–Crippen LogP) is 3.92. The molecular weight excluding hydrogens is 290 g/mol. The molecule has 0 aliphatic carbocycles. The monoisotopic (exact) mass is 303 g/mol. The summed E-state index contributed by atoms with van der Waals surface area (Å²) in [4.78, 5) is 2.45. The highest BCUT2D eigenvalue weighted by Gasteiger charge is 2.31. The molecule has 3 heteroatoms. The van der Waals surface area contributed by atoms with Crippen molar-refractivity contribution in [2.24, 2.45) is 0 Å². The Morgan fingerprint density at radius 1 is 1.22 bits per heavy atom. The molecule has 4 rings (SSSR count). The molecule has 2 aromatic rings. The fraction of sp³-hybridized carbons (Fsp3) is 0.333. The molecule has 1 fully saturated rings. The van der Waals surface area contributed by atoms with E-state index in [2.05, 4.69) is 51.2 Å². The fourth-order valence-electron chi connectivity index (χ4n) is 3.08. The topological polar surface area (TPSA) is 12.5 Å². The smallest absolute Gasteiger partial charge is 0.153 e. The number of ether oxygens (including phenoxy) is 1. The number of fused-ring (bicyclic) bond motifs is 4. The molecule has 0 radical (unpaired) electrons. The lowest BCUT2D eigenvalue weighted by Crippen LogP contribution is -2.37. The second kappa shape index (κ2) is 3.97. The van der Waals surface area contributed by atoms with Crippen molar-refractivity contribution in [3.63, 3.8) is 0 Å². The molecule has 2 aliphatic heterocycles. The van der Waals surface area contributed by atoms with E-state index in [0.717, 1.165) is 29.7 Å². The summed E-state index contributed by atoms with van der Waals surface area (Å²) < 4.78 is 7.24. The zero-order valence-corrected chi connectivity index (χ0v) is 11.6. The second-order valence-electron chi connectivity index (χ2n) is 5.09. The van der Waals surface area contributed by atoms with Gasteiger partial charge in [0.15, 0.2) is 6.23 Å². The van der Waals surface area contributed by atoms with E-state index < -0.39 is 0 Å². The Morgan fingerprint density at radius 3 is 3.11 bits per heavy atom. The number of halogens is 1. The van der Waals surface area contributed by atoms with Crippen molar-refractivity contribution in [3.05, 3.63) is 40.4 Å². The number of benzene rings is 2. The molecule has 1 atom stereocenters. The normalized spacial score (nSPS) is 22.6. The minimum Gasteiger partial charge on any atom is -0.475 e. The molecule has 2 nitrogen and oxygen atoms in total. The van der Waals surface area contributed by atoms with E-state index in [9.17, 15) is 0 Å². The SMILES string of the molecule is Brc1ccc2c3c(ccc2c1)OC1CCCN1C3. The molecule has 18 heavy (non-hydrogen) atoms. The van der Waals surface area contributed by atoms with Gasteiger partial charge in [0.05, 0.1) is 0 Å². The molecule has 0 amide bonds. The maximum atomic E-state index is 6.11. The van der Waals surface area contributed by atoms with Gasteiger partial charge in [-0.1, -0.05) is 28.1 Å². The minimum atomic E-state index is 0.311. The van der Waals surface area contributed by atoms with Crippen LogP contribution in [0.15, 0.2) is 34.8 Å². The van der Waals surface area contributed by atoms with Crippen LogP contribution >= 0.6 is 15.9 Å². The molecule has 92 valence electrons. The molecule has 1 unspecified atom stereocenters. The van der Waals surface area contributed by atoms with Crippen molar-refractivity contribution < 1.29 is 4.74 Å². The summed E-state index contributed by atoms with van der Waals surface area (Å²) in [6, 6.07) is 10.8. The van der Waals surface area contributed by atoms with Gasteiger partial charge in [-0.3, -0.25) is 4.90 Å². The third-order valence-electron chi connectivity index (χ3n) is 3.98.